The smallest absolute Gasteiger partial charge is 0.0702 e. The van der Waals surface area contributed by atoms with Crippen molar-refractivity contribution >= 4 is 10.9 Å². The second kappa shape index (κ2) is 4.46. The van der Waals surface area contributed by atoms with Crippen LogP contribution in [0.3, 0.4) is 0 Å². The van der Waals surface area contributed by atoms with Crippen molar-refractivity contribution in [3.8, 4) is 0 Å². The normalized spacial score (nSPS) is 13.9. The molecule has 1 unspecified atom stereocenters. The van der Waals surface area contributed by atoms with Gasteiger partial charge in [-0.3, -0.25) is 4.98 Å². The zero-order chi connectivity index (χ0) is 12.5. The summed E-state index contributed by atoms with van der Waals surface area (Å²) in [6, 6.07) is 10.4. The number of hydrogen-bond donors (Lipinski definition) is 1. The molecule has 17 heavy (non-hydrogen) atoms. The average molecular weight is 228 g/mol. The van der Waals surface area contributed by atoms with Crippen LogP contribution in [0.4, 0.5) is 0 Å². The van der Waals surface area contributed by atoms with Crippen molar-refractivity contribution in [3.63, 3.8) is 0 Å². The number of rotatable bonds is 2. The van der Waals surface area contributed by atoms with Gasteiger partial charge in [0.1, 0.15) is 0 Å². The Hall–Kier alpha value is -1.41. The van der Waals surface area contributed by atoms with E-state index in [0.29, 0.717) is 0 Å². The summed E-state index contributed by atoms with van der Waals surface area (Å²) >= 11 is 0. The summed E-state index contributed by atoms with van der Waals surface area (Å²) in [6.45, 7) is 6.65. The molecular weight excluding hydrogens is 208 g/mol. The maximum Gasteiger partial charge on any atom is 0.0702 e. The molecule has 2 N–H and O–H groups in total. The Morgan fingerprint density at radius 3 is 2.71 bits per heavy atom. The third kappa shape index (κ3) is 3.04. The van der Waals surface area contributed by atoms with Crippen molar-refractivity contribution in [2.75, 3.05) is 0 Å². The van der Waals surface area contributed by atoms with Crippen molar-refractivity contribution in [2.45, 2.75) is 33.2 Å². The lowest BCUT2D eigenvalue weighted by Crippen LogP contribution is -2.18. The molecular formula is C15H20N2. The van der Waals surface area contributed by atoms with Gasteiger partial charge in [-0.05, 0) is 35.6 Å². The highest BCUT2D eigenvalue weighted by Gasteiger charge is 2.17. The highest BCUT2D eigenvalue weighted by atomic mass is 14.7. The molecule has 2 nitrogen and oxygen atoms in total. The number of nitrogens with two attached hydrogens (primary N) is 1. The molecule has 0 aliphatic heterocycles. The van der Waals surface area contributed by atoms with E-state index in [0.717, 1.165) is 17.3 Å². The molecule has 0 saturated carbocycles. The summed E-state index contributed by atoms with van der Waals surface area (Å²) < 4.78 is 0. The Kier molecular flexibility index (Phi) is 3.16. The van der Waals surface area contributed by atoms with Gasteiger partial charge in [-0.25, -0.2) is 0 Å². The average Bonchev–Trinajstić information content (AvgIpc) is 2.26. The molecule has 0 fully saturated rings. The highest BCUT2D eigenvalue weighted by molar-refractivity contribution is 5.79. The van der Waals surface area contributed by atoms with Crippen LogP contribution >= 0.6 is 0 Å². The number of hydrogen-bond acceptors (Lipinski definition) is 2. The van der Waals surface area contributed by atoms with Gasteiger partial charge in [0, 0.05) is 17.6 Å². The molecule has 0 saturated heterocycles. The summed E-state index contributed by atoms with van der Waals surface area (Å²) in [7, 11) is 0. The first-order valence-electron chi connectivity index (χ1n) is 6.06. The maximum atomic E-state index is 6.25. The van der Waals surface area contributed by atoms with Gasteiger partial charge < -0.3 is 5.73 Å². The summed E-state index contributed by atoms with van der Waals surface area (Å²) in [4.78, 5) is 4.32. The second-order valence-corrected chi connectivity index (χ2v) is 5.83. The van der Waals surface area contributed by atoms with E-state index in [-0.39, 0.29) is 11.5 Å². The zero-order valence-electron chi connectivity index (χ0n) is 10.8. The lowest BCUT2D eigenvalue weighted by atomic mass is 9.85. The molecule has 1 aromatic carbocycles. The van der Waals surface area contributed by atoms with Crippen LogP contribution in [0.25, 0.3) is 10.9 Å². The molecule has 0 bridgehead atoms. The molecule has 90 valence electrons. The van der Waals surface area contributed by atoms with Crippen molar-refractivity contribution in [1.82, 2.24) is 4.98 Å². The minimum atomic E-state index is 0.0969. The van der Waals surface area contributed by atoms with Gasteiger partial charge >= 0.3 is 0 Å². The Labute approximate surface area is 103 Å². The van der Waals surface area contributed by atoms with Crippen molar-refractivity contribution in [2.24, 2.45) is 11.1 Å². The first-order chi connectivity index (χ1) is 7.96. The van der Waals surface area contributed by atoms with Crippen LogP contribution in [0.15, 0.2) is 36.5 Å². The summed E-state index contributed by atoms with van der Waals surface area (Å²) in [5.74, 6) is 0. The SMILES string of the molecule is CC(C)(C)CC(N)c1ccc2ncccc2c1. The van der Waals surface area contributed by atoms with E-state index >= 15 is 0 Å². The van der Waals surface area contributed by atoms with E-state index < -0.39 is 0 Å². The predicted octanol–water partition coefficient (Wildman–Crippen LogP) is 3.67. The van der Waals surface area contributed by atoms with Gasteiger partial charge in [-0.2, -0.15) is 0 Å². The monoisotopic (exact) mass is 228 g/mol. The van der Waals surface area contributed by atoms with E-state index in [2.05, 4.69) is 44.0 Å². The van der Waals surface area contributed by atoms with E-state index in [4.69, 9.17) is 5.73 Å². The predicted molar refractivity (Wildman–Crippen MR) is 72.7 cm³/mol. The molecule has 0 spiro atoms. The van der Waals surface area contributed by atoms with Crippen LogP contribution in [0.2, 0.25) is 0 Å². The van der Waals surface area contributed by atoms with Crippen LogP contribution < -0.4 is 5.73 Å². The van der Waals surface area contributed by atoms with Gasteiger partial charge in [0.25, 0.3) is 0 Å². The number of nitrogens with zero attached hydrogens (tertiary/aromatic N) is 1. The van der Waals surface area contributed by atoms with Gasteiger partial charge in [-0.15, -0.1) is 0 Å². The van der Waals surface area contributed by atoms with E-state index in [1.165, 1.54) is 5.56 Å². The van der Waals surface area contributed by atoms with Gasteiger partial charge in [0.2, 0.25) is 0 Å². The second-order valence-electron chi connectivity index (χ2n) is 5.83. The summed E-state index contributed by atoms with van der Waals surface area (Å²) in [6.07, 6.45) is 2.80. The molecule has 1 atom stereocenters. The van der Waals surface area contributed by atoms with Gasteiger partial charge in [-0.1, -0.05) is 32.9 Å². The van der Waals surface area contributed by atoms with Crippen LogP contribution in [-0.2, 0) is 0 Å². The van der Waals surface area contributed by atoms with Crippen molar-refractivity contribution in [3.05, 3.63) is 42.1 Å². The third-order valence-corrected chi connectivity index (χ3v) is 2.89. The lowest BCUT2D eigenvalue weighted by molar-refractivity contribution is 0.343. The molecule has 0 aliphatic carbocycles. The van der Waals surface area contributed by atoms with E-state index in [9.17, 15) is 0 Å². The standard InChI is InChI=1S/C15H20N2/c1-15(2,3)10-13(16)11-6-7-14-12(9-11)5-4-8-17-14/h4-9,13H,10,16H2,1-3H3. The molecule has 1 heterocycles. The number of benzene rings is 1. The minimum Gasteiger partial charge on any atom is -0.324 e. The van der Waals surface area contributed by atoms with Crippen molar-refractivity contribution in [1.29, 1.82) is 0 Å². The molecule has 2 heteroatoms. The largest absolute Gasteiger partial charge is 0.324 e. The fourth-order valence-corrected chi connectivity index (χ4v) is 2.10. The molecule has 2 aromatic rings. The minimum absolute atomic E-state index is 0.0969. The molecule has 1 aromatic heterocycles. The Bertz CT molecular complexity index is 512. The van der Waals surface area contributed by atoms with E-state index in [1.54, 1.807) is 0 Å². The quantitative estimate of drug-likeness (QED) is 0.851. The molecule has 0 radical (unpaired) electrons. The maximum absolute atomic E-state index is 6.25. The van der Waals surface area contributed by atoms with Crippen molar-refractivity contribution < 1.29 is 0 Å². The van der Waals surface area contributed by atoms with Crippen LogP contribution in [0.1, 0.15) is 38.8 Å². The number of fused-ring (bicyclic) bond motifs is 1. The van der Waals surface area contributed by atoms with Crippen LogP contribution in [0, 0.1) is 5.41 Å². The summed E-state index contributed by atoms with van der Waals surface area (Å²) in [5.41, 5.74) is 8.73. The third-order valence-electron chi connectivity index (χ3n) is 2.89. The zero-order valence-corrected chi connectivity index (χ0v) is 10.8. The summed E-state index contributed by atoms with van der Waals surface area (Å²) in [5, 5.41) is 1.16. The highest BCUT2D eigenvalue weighted by Crippen LogP contribution is 2.28. The first kappa shape index (κ1) is 12.1. The topological polar surface area (TPSA) is 38.9 Å². The fourth-order valence-electron chi connectivity index (χ4n) is 2.10. The Balaban J connectivity index is 2.30. The first-order valence-corrected chi connectivity index (χ1v) is 6.06. The Morgan fingerprint density at radius 2 is 2.00 bits per heavy atom. The molecule has 0 aliphatic rings. The van der Waals surface area contributed by atoms with Gasteiger partial charge in [0.05, 0.1) is 5.52 Å². The number of pyridine rings is 1. The molecule has 2 rings (SSSR count). The van der Waals surface area contributed by atoms with Crippen LogP contribution in [-0.4, -0.2) is 4.98 Å². The molecule has 0 amide bonds. The Morgan fingerprint density at radius 1 is 1.24 bits per heavy atom. The fraction of sp³-hybridized carbons (Fsp3) is 0.400. The number of aromatic nitrogens is 1. The van der Waals surface area contributed by atoms with Gasteiger partial charge in [0.15, 0.2) is 0 Å². The van der Waals surface area contributed by atoms with Crippen LogP contribution in [0.5, 0.6) is 0 Å². The van der Waals surface area contributed by atoms with E-state index in [1.807, 2.05) is 18.3 Å². The lowest BCUT2D eigenvalue weighted by Gasteiger charge is -2.23.